The second-order valence-corrected chi connectivity index (χ2v) is 4.35. The van der Waals surface area contributed by atoms with Gasteiger partial charge in [0, 0.05) is 18.7 Å². The van der Waals surface area contributed by atoms with Gasteiger partial charge in [0.1, 0.15) is 17.9 Å². The molecule has 1 aliphatic rings. The number of carboxylic acids is 2. The van der Waals surface area contributed by atoms with E-state index in [2.05, 4.69) is 11.4 Å². The summed E-state index contributed by atoms with van der Waals surface area (Å²) in [5.41, 5.74) is 0.611. The van der Waals surface area contributed by atoms with Gasteiger partial charge in [0.05, 0.1) is 5.56 Å². The molecule has 0 bridgehead atoms. The Kier molecular flexibility index (Phi) is 7.16. The molecule has 1 fully saturated rings. The van der Waals surface area contributed by atoms with Crippen molar-refractivity contribution in [3.05, 3.63) is 42.0 Å². The Morgan fingerprint density at radius 3 is 2.41 bits per heavy atom. The van der Waals surface area contributed by atoms with Crippen LogP contribution in [0.3, 0.4) is 0 Å². The lowest BCUT2D eigenvalue weighted by Crippen LogP contribution is -2.19. The van der Waals surface area contributed by atoms with Gasteiger partial charge in [0.15, 0.2) is 0 Å². The fraction of sp³-hybridized carbons (Fsp3) is 0.267. The van der Waals surface area contributed by atoms with Crippen LogP contribution in [0.5, 0.6) is 5.75 Å². The summed E-state index contributed by atoms with van der Waals surface area (Å²) in [5.74, 6) is -1.82. The smallest absolute Gasteiger partial charge is 0.328 e. The third kappa shape index (κ3) is 6.54. The zero-order valence-corrected chi connectivity index (χ0v) is 11.7. The second kappa shape index (κ2) is 9.15. The lowest BCUT2D eigenvalue weighted by atomic mass is 10.2. The minimum Gasteiger partial charge on any atom is -0.488 e. The molecular formula is C15H16N2O5. The van der Waals surface area contributed by atoms with Gasteiger partial charge in [-0.05, 0) is 25.1 Å². The summed E-state index contributed by atoms with van der Waals surface area (Å²) < 4.78 is 5.71. The summed E-state index contributed by atoms with van der Waals surface area (Å²) in [4.78, 5) is 19.1. The van der Waals surface area contributed by atoms with Crippen molar-refractivity contribution < 1.29 is 24.5 Å². The molecule has 1 heterocycles. The standard InChI is InChI=1S/C11H12N2O.C4H4O4/c12-7-9-3-1-2-4-11(9)14-10-5-6-13-8-10;5-3(6)1-2-4(7)8/h1-4,10,13H,5-6,8H2;1-2H,(H,5,6)(H,7,8)/t10-;/m1./s1. The van der Waals surface area contributed by atoms with Gasteiger partial charge in [0.2, 0.25) is 0 Å². The molecular weight excluding hydrogens is 288 g/mol. The molecule has 1 atom stereocenters. The van der Waals surface area contributed by atoms with Crippen molar-refractivity contribution in [1.82, 2.24) is 5.32 Å². The number of benzene rings is 1. The van der Waals surface area contributed by atoms with Crippen molar-refractivity contribution in [2.24, 2.45) is 0 Å². The van der Waals surface area contributed by atoms with Crippen LogP contribution in [0.4, 0.5) is 0 Å². The lowest BCUT2D eigenvalue weighted by Gasteiger charge is -2.12. The molecule has 116 valence electrons. The van der Waals surface area contributed by atoms with Crippen LogP contribution in [0.2, 0.25) is 0 Å². The zero-order chi connectivity index (χ0) is 16.4. The van der Waals surface area contributed by atoms with Crippen molar-refractivity contribution in [3.63, 3.8) is 0 Å². The molecule has 22 heavy (non-hydrogen) atoms. The van der Waals surface area contributed by atoms with E-state index < -0.39 is 11.9 Å². The molecule has 3 N–H and O–H groups in total. The maximum absolute atomic E-state index is 9.55. The first-order chi connectivity index (χ1) is 10.5. The van der Waals surface area contributed by atoms with Crippen LogP contribution in [-0.2, 0) is 9.59 Å². The number of nitrogens with zero attached hydrogens (tertiary/aromatic N) is 1. The highest BCUT2D eigenvalue weighted by Crippen LogP contribution is 2.19. The summed E-state index contributed by atoms with van der Waals surface area (Å²) in [7, 11) is 0. The van der Waals surface area contributed by atoms with Gasteiger partial charge >= 0.3 is 11.9 Å². The Balaban J connectivity index is 0.000000261. The topological polar surface area (TPSA) is 120 Å². The number of rotatable bonds is 4. The minimum atomic E-state index is -1.26. The molecule has 0 aromatic heterocycles. The molecule has 2 rings (SSSR count). The van der Waals surface area contributed by atoms with E-state index in [0.29, 0.717) is 23.5 Å². The van der Waals surface area contributed by atoms with E-state index in [0.717, 1.165) is 19.5 Å². The van der Waals surface area contributed by atoms with E-state index in [-0.39, 0.29) is 6.10 Å². The number of aliphatic carboxylic acids is 2. The fourth-order valence-corrected chi connectivity index (χ4v) is 1.71. The maximum atomic E-state index is 9.55. The van der Waals surface area contributed by atoms with Gasteiger partial charge in [-0.25, -0.2) is 9.59 Å². The first-order valence-corrected chi connectivity index (χ1v) is 6.53. The summed E-state index contributed by atoms with van der Waals surface area (Å²) in [6.45, 7) is 1.87. The van der Waals surface area contributed by atoms with Crippen LogP contribution in [0.1, 0.15) is 12.0 Å². The van der Waals surface area contributed by atoms with Crippen molar-refractivity contribution in [1.29, 1.82) is 5.26 Å². The molecule has 1 aromatic carbocycles. The molecule has 0 saturated carbocycles. The molecule has 0 aliphatic carbocycles. The van der Waals surface area contributed by atoms with Crippen LogP contribution in [0, 0.1) is 11.3 Å². The van der Waals surface area contributed by atoms with E-state index in [1.54, 1.807) is 6.07 Å². The lowest BCUT2D eigenvalue weighted by molar-refractivity contribution is -0.134. The van der Waals surface area contributed by atoms with Gasteiger partial charge < -0.3 is 20.3 Å². The van der Waals surface area contributed by atoms with Crippen LogP contribution in [-0.4, -0.2) is 41.3 Å². The molecule has 7 nitrogen and oxygen atoms in total. The largest absolute Gasteiger partial charge is 0.488 e. The van der Waals surface area contributed by atoms with Crippen LogP contribution >= 0.6 is 0 Å². The first kappa shape index (κ1) is 17.2. The summed E-state index contributed by atoms with van der Waals surface area (Å²) in [5, 5.41) is 27.7. The highest BCUT2D eigenvalue weighted by atomic mass is 16.5. The Labute approximate surface area is 127 Å². The highest BCUT2D eigenvalue weighted by Gasteiger charge is 2.16. The molecule has 1 aliphatic heterocycles. The average molecular weight is 304 g/mol. The predicted octanol–water partition coefficient (Wildman–Crippen LogP) is 1.01. The van der Waals surface area contributed by atoms with Crippen molar-refractivity contribution in [2.45, 2.75) is 12.5 Å². The minimum absolute atomic E-state index is 0.212. The molecule has 0 amide bonds. The van der Waals surface area contributed by atoms with Gasteiger partial charge in [0.25, 0.3) is 0 Å². The van der Waals surface area contributed by atoms with E-state index >= 15 is 0 Å². The third-order valence-corrected chi connectivity index (χ3v) is 2.68. The number of nitrogens with one attached hydrogen (secondary N) is 1. The molecule has 0 unspecified atom stereocenters. The van der Waals surface area contributed by atoms with Gasteiger partial charge in [-0.2, -0.15) is 5.26 Å². The monoisotopic (exact) mass is 304 g/mol. The summed E-state index contributed by atoms with van der Waals surface area (Å²) in [6, 6.07) is 9.48. The third-order valence-electron chi connectivity index (χ3n) is 2.68. The molecule has 1 aromatic rings. The van der Waals surface area contributed by atoms with Crippen LogP contribution in [0.25, 0.3) is 0 Å². The molecule has 0 spiro atoms. The number of para-hydroxylation sites is 1. The number of carbonyl (C=O) groups is 2. The Morgan fingerprint density at radius 2 is 1.91 bits per heavy atom. The van der Waals surface area contributed by atoms with Crippen molar-refractivity contribution in [2.75, 3.05) is 13.1 Å². The number of carboxylic acid groups (broad SMARTS) is 2. The van der Waals surface area contributed by atoms with E-state index in [9.17, 15) is 9.59 Å². The quantitative estimate of drug-likeness (QED) is 0.710. The highest BCUT2D eigenvalue weighted by molar-refractivity contribution is 5.89. The van der Waals surface area contributed by atoms with Crippen molar-refractivity contribution >= 4 is 11.9 Å². The summed E-state index contributed by atoms with van der Waals surface area (Å²) in [6.07, 6.45) is 2.34. The van der Waals surface area contributed by atoms with Crippen LogP contribution < -0.4 is 10.1 Å². The van der Waals surface area contributed by atoms with Crippen LogP contribution in [0.15, 0.2) is 36.4 Å². The number of hydrogen-bond donors (Lipinski definition) is 3. The van der Waals surface area contributed by atoms with Gasteiger partial charge in [-0.15, -0.1) is 0 Å². The van der Waals surface area contributed by atoms with Gasteiger partial charge in [-0.3, -0.25) is 0 Å². The summed E-state index contributed by atoms with van der Waals surface area (Å²) >= 11 is 0. The van der Waals surface area contributed by atoms with E-state index in [4.69, 9.17) is 20.2 Å². The number of hydrogen-bond acceptors (Lipinski definition) is 5. The van der Waals surface area contributed by atoms with E-state index in [1.807, 2.05) is 18.2 Å². The fourth-order valence-electron chi connectivity index (χ4n) is 1.71. The number of nitriles is 1. The maximum Gasteiger partial charge on any atom is 0.328 e. The Bertz CT molecular complexity index is 570. The predicted molar refractivity (Wildman–Crippen MR) is 77.5 cm³/mol. The van der Waals surface area contributed by atoms with Crippen molar-refractivity contribution in [3.8, 4) is 11.8 Å². The van der Waals surface area contributed by atoms with Gasteiger partial charge in [-0.1, -0.05) is 12.1 Å². The molecule has 7 heteroatoms. The Hall–Kier alpha value is -2.85. The second-order valence-electron chi connectivity index (χ2n) is 4.35. The van der Waals surface area contributed by atoms with E-state index in [1.165, 1.54) is 0 Å². The first-order valence-electron chi connectivity index (χ1n) is 6.53. The number of ether oxygens (including phenoxy) is 1. The Morgan fingerprint density at radius 1 is 1.27 bits per heavy atom. The zero-order valence-electron chi connectivity index (χ0n) is 11.7. The molecule has 1 saturated heterocycles. The SMILES string of the molecule is N#Cc1ccccc1O[C@@H]1CCNC1.O=C(O)C=CC(=O)O. The average Bonchev–Trinajstić information content (AvgIpc) is 2.99. The normalized spacial score (nSPS) is 16.4. The molecule has 0 radical (unpaired) electrons.